The lowest BCUT2D eigenvalue weighted by Gasteiger charge is -2.18. The normalized spacial score (nSPS) is 12.3. The molecule has 1 unspecified atom stereocenters. The number of esters is 2. The van der Waals surface area contributed by atoms with Crippen LogP contribution in [-0.4, -0.2) is 39.9 Å². The summed E-state index contributed by atoms with van der Waals surface area (Å²) in [5, 5.41) is 0. The number of carbonyl (C=O) groups excluding carboxylic acids is 2. The molecule has 0 amide bonds. The summed E-state index contributed by atoms with van der Waals surface area (Å²) >= 11 is 0. The minimum absolute atomic E-state index is 0.162. The molecule has 1 atom stereocenters. The zero-order chi connectivity index (χ0) is 11.8. The summed E-state index contributed by atoms with van der Waals surface area (Å²) in [6, 6.07) is 0. The van der Waals surface area contributed by atoms with Crippen molar-refractivity contribution in [2.75, 3.05) is 27.9 Å². The summed E-state index contributed by atoms with van der Waals surface area (Å²) in [5.41, 5.74) is 0. The van der Waals surface area contributed by atoms with Gasteiger partial charge in [0.2, 0.25) is 0 Å². The van der Waals surface area contributed by atoms with Crippen molar-refractivity contribution in [2.24, 2.45) is 11.8 Å². The van der Waals surface area contributed by atoms with Gasteiger partial charge in [0.25, 0.3) is 0 Å². The van der Waals surface area contributed by atoms with Crippen LogP contribution in [0.3, 0.4) is 0 Å². The quantitative estimate of drug-likeness (QED) is 0.483. The van der Waals surface area contributed by atoms with Gasteiger partial charge in [-0.3, -0.25) is 9.59 Å². The number of hydrogen-bond acceptors (Lipinski definition) is 5. The number of methoxy groups -OCH3 is 3. The topological polar surface area (TPSA) is 61.8 Å². The predicted octanol–water partition coefficient (Wildman–Crippen LogP) is 0.621. The van der Waals surface area contributed by atoms with Gasteiger partial charge < -0.3 is 14.2 Å². The fraction of sp³-hybridized carbons (Fsp3) is 0.800. The highest BCUT2D eigenvalue weighted by Crippen LogP contribution is 2.18. The van der Waals surface area contributed by atoms with Crippen molar-refractivity contribution in [3.63, 3.8) is 0 Å². The SMILES string of the molecule is COCCC(C)C(C(=O)OC)C(=O)OC. The van der Waals surface area contributed by atoms with Crippen LogP contribution in [0.4, 0.5) is 0 Å². The molecule has 5 heteroatoms. The van der Waals surface area contributed by atoms with Crippen molar-refractivity contribution >= 4 is 11.9 Å². The molecule has 0 rings (SSSR count). The largest absolute Gasteiger partial charge is 0.468 e. The van der Waals surface area contributed by atoms with Crippen molar-refractivity contribution in [1.82, 2.24) is 0 Å². The van der Waals surface area contributed by atoms with E-state index >= 15 is 0 Å². The molecule has 0 aromatic heterocycles. The molecule has 0 bridgehead atoms. The minimum atomic E-state index is -0.866. The van der Waals surface area contributed by atoms with E-state index in [1.54, 1.807) is 14.0 Å². The Labute approximate surface area is 89.7 Å². The Morgan fingerprint density at radius 1 is 1.07 bits per heavy atom. The van der Waals surface area contributed by atoms with E-state index in [0.29, 0.717) is 13.0 Å². The first kappa shape index (κ1) is 13.9. The van der Waals surface area contributed by atoms with E-state index < -0.39 is 17.9 Å². The fourth-order valence-corrected chi connectivity index (χ4v) is 1.29. The monoisotopic (exact) mass is 218 g/mol. The summed E-state index contributed by atoms with van der Waals surface area (Å²) in [6.45, 7) is 2.28. The summed E-state index contributed by atoms with van der Waals surface area (Å²) in [5.74, 6) is -2.16. The van der Waals surface area contributed by atoms with Gasteiger partial charge in [-0.2, -0.15) is 0 Å². The zero-order valence-corrected chi connectivity index (χ0v) is 9.61. The molecule has 0 fully saturated rings. The van der Waals surface area contributed by atoms with Gasteiger partial charge in [0.1, 0.15) is 0 Å². The van der Waals surface area contributed by atoms with Crippen LogP contribution in [0.25, 0.3) is 0 Å². The maximum atomic E-state index is 11.4. The first-order valence-corrected chi connectivity index (χ1v) is 4.73. The second kappa shape index (κ2) is 7.23. The van der Waals surface area contributed by atoms with Crippen LogP contribution in [0, 0.1) is 11.8 Å². The molecule has 0 aromatic carbocycles. The maximum absolute atomic E-state index is 11.4. The predicted molar refractivity (Wildman–Crippen MR) is 53.2 cm³/mol. The molecule has 0 aromatic rings. The van der Waals surface area contributed by atoms with E-state index in [9.17, 15) is 9.59 Å². The van der Waals surface area contributed by atoms with Gasteiger partial charge in [-0.05, 0) is 12.3 Å². The molecular weight excluding hydrogens is 200 g/mol. The van der Waals surface area contributed by atoms with Gasteiger partial charge in [-0.25, -0.2) is 0 Å². The Kier molecular flexibility index (Phi) is 6.70. The Hall–Kier alpha value is -1.10. The molecule has 0 spiro atoms. The molecule has 0 aliphatic heterocycles. The standard InChI is InChI=1S/C10H18O5/c1-7(5-6-13-2)8(9(11)14-3)10(12)15-4/h7-8H,5-6H2,1-4H3. The van der Waals surface area contributed by atoms with E-state index in [4.69, 9.17) is 4.74 Å². The van der Waals surface area contributed by atoms with Crippen molar-refractivity contribution in [2.45, 2.75) is 13.3 Å². The molecule has 0 saturated carbocycles. The minimum Gasteiger partial charge on any atom is -0.468 e. The Morgan fingerprint density at radius 2 is 1.53 bits per heavy atom. The zero-order valence-electron chi connectivity index (χ0n) is 9.61. The third kappa shape index (κ3) is 4.29. The van der Waals surface area contributed by atoms with Gasteiger partial charge in [-0.1, -0.05) is 6.92 Å². The van der Waals surface area contributed by atoms with Gasteiger partial charge in [0.05, 0.1) is 14.2 Å². The lowest BCUT2D eigenvalue weighted by atomic mass is 9.91. The van der Waals surface area contributed by atoms with Crippen molar-refractivity contribution in [3.05, 3.63) is 0 Å². The van der Waals surface area contributed by atoms with Gasteiger partial charge in [0.15, 0.2) is 5.92 Å². The van der Waals surface area contributed by atoms with Crippen LogP contribution < -0.4 is 0 Å². The highest BCUT2D eigenvalue weighted by Gasteiger charge is 2.33. The number of rotatable bonds is 6. The van der Waals surface area contributed by atoms with Crippen LogP contribution in [-0.2, 0) is 23.8 Å². The van der Waals surface area contributed by atoms with E-state index in [1.165, 1.54) is 14.2 Å². The third-order valence-corrected chi connectivity index (χ3v) is 2.26. The summed E-state index contributed by atoms with van der Waals surface area (Å²) < 4.78 is 14.0. The van der Waals surface area contributed by atoms with Crippen LogP contribution in [0.1, 0.15) is 13.3 Å². The Morgan fingerprint density at radius 3 is 1.87 bits per heavy atom. The number of hydrogen-bond donors (Lipinski definition) is 0. The molecule has 0 saturated heterocycles. The number of ether oxygens (including phenoxy) is 3. The Bertz CT molecular complexity index is 198. The van der Waals surface area contributed by atoms with Crippen LogP contribution in [0.5, 0.6) is 0 Å². The maximum Gasteiger partial charge on any atom is 0.320 e. The molecular formula is C10H18O5. The smallest absolute Gasteiger partial charge is 0.320 e. The lowest BCUT2D eigenvalue weighted by Crippen LogP contribution is -2.32. The number of carbonyl (C=O) groups is 2. The van der Waals surface area contributed by atoms with Gasteiger partial charge >= 0.3 is 11.9 Å². The van der Waals surface area contributed by atoms with Crippen LogP contribution >= 0.6 is 0 Å². The van der Waals surface area contributed by atoms with Gasteiger partial charge in [0, 0.05) is 13.7 Å². The first-order valence-electron chi connectivity index (χ1n) is 4.73. The molecule has 0 radical (unpaired) electrons. The Balaban J connectivity index is 4.47. The summed E-state index contributed by atoms with van der Waals surface area (Å²) in [6.07, 6.45) is 0.603. The molecule has 0 aliphatic carbocycles. The average Bonchev–Trinajstić information content (AvgIpc) is 2.25. The van der Waals surface area contributed by atoms with Crippen LogP contribution in [0.2, 0.25) is 0 Å². The average molecular weight is 218 g/mol. The van der Waals surface area contributed by atoms with E-state index in [2.05, 4.69) is 9.47 Å². The molecule has 88 valence electrons. The van der Waals surface area contributed by atoms with E-state index in [0.717, 1.165) is 0 Å². The second-order valence-corrected chi connectivity index (χ2v) is 3.28. The van der Waals surface area contributed by atoms with Crippen molar-refractivity contribution < 1.29 is 23.8 Å². The molecule has 0 heterocycles. The summed E-state index contributed by atoms with van der Waals surface area (Å²) in [7, 11) is 4.07. The summed E-state index contributed by atoms with van der Waals surface area (Å²) in [4.78, 5) is 22.7. The van der Waals surface area contributed by atoms with Gasteiger partial charge in [-0.15, -0.1) is 0 Å². The molecule has 0 aliphatic rings. The van der Waals surface area contributed by atoms with E-state index in [1.807, 2.05) is 0 Å². The highest BCUT2D eigenvalue weighted by atomic mass is 16.5. The van der Waals surface area contributed by atoms with Crippen LogP contribution in [0.15, 0.2) is 0 Å². The third-order valence-electron chi connectivity index (χ3n) is 2.26. The highest BCUT2D eigenvalue weighted by molar-refractivity contribution is 5.95. The molecule has 15 heavy (non-hydrogen) atoms. The first-order chi connectivity index (χ1) is 7.08. The second-order valence-electron chi connectivity index (χ2n) is 3.28. The van der Waals surface area contributed by atoms with Crippen molar-refractivity contribution in [1.29, 1.82) is 0 Å². The van der Waals surface area contributed by atoms with E-state index in [-0.39, 0.29) is 5.92 Å². The van der Waals surface area contributed by atoms with Crippen molar-refractivity contribution in [3.8, 4) is 0 Å². The lowest BCUT2D eigenvalue weighted by molar-refractivity contribution is -0.161. The fourth-order valence-electron chi connectivity index (χ4n) is 1.29. The molecule has 5 nitrogen and oxygen atoms in total. The molecule has 0 N–H and O–H groups in total.